The van der Waals surface area contributed by atoms with E-state index in [1.54, 1.807) is 0 Å². The van der Waals surface area contributed by atoms with Crippen LogP contribution in [0.15, 0.2) is 30.4 Å². The van der Waals surface area contributed by atoms with Crippen LogP contribution in [0, 0.1) is 18.6 Å². The summed E-state index contributed by atoms with van der Waals surface area (Å²) >= 11 is 0. The molecule has 5 nitrogen and oxygen atoms in total. The van der Waals surface area contributed by atoms with Crippen molar-refractivity contribution in [3.63, 3.8) is 0 Å². The zero-order valence-corrected chi connectivity index (χ0v) is 13.7. The number of nitrogens with zero attached hydrogens (tertiary/aromatic N) is 2. The number of hydrogen-bond donors (Lipinski definition) is 2. The number of benzene rings is 1. The first-order valence-electron chi connectivity index (χ1n) is 7.53. The maximum atomic E-state index is 14.3. The maximum Gasteiger partial charge on any atom is 0.284 e. The zero-order chi connectivity index (χ0) is 19.7. The summed E-state index contributed by atoms with van der Waals surface area (Å²) in [5.41, 5.74) is -2.11. The molecule has 0 unspecified atom stereocenters. The van der Waals surface area contributed by atoms with E-state index in [1.165, 1.54) is 18.3 Å². The molecule has 0 saturated carbocycles. The third-order valence-corrected chi connectivity index (χ3v) is 3.83. The number of amides is 1. The fraction of sp³-hybridized carbons (Fsp3) is 0.118. The van der Waals surface area contributed by atoms with Gasteiger partial charge < -0.3 is 5.32 Å². The molecule has 2 aromatic heterocycles. The Kier molecular flexibility index (Phi) is 4.89. The van der Waals surface area contributed by atoms with E-state index in [4.69, 9.17) is 0 Å². The lowest BCUT2D eigenvalue weighted by molar-refractivity contribution is -0.114. The van der Waals surface area contributed by atoms with Crippen LogP contribution in [0.25, 0.3) is 17.0 Å². The Bertz CT molecular complexity index is 1060. The van der Waals surface area contributed by atoms with Crippen molar-refractivity contribution in [2.75, 3.05) is 5.32 Å². The molecule has 0 saturated heterocycles. The topological polar surface area (TPSA) is 70.7 Å². The largest absolute Gasteiger partial charge is 0.318 e. The number of pyridine rings is 1. The van der Waals surface area contributed by atoms with E-state index in [9.17, 15) is 26.7 Å². The van der Waals surface area contributed by atoms with Gasteiger partial charge in [-0.3, -0.25) is 9.89 Å². The van der Waals surface area contributed by atoms with Crippen molar-refractivity contribution < 1.29 is 26.7 Å². The molecule has 2 N–H and O–H groups in total. The molecule has 0 fully saturated rings. The van der Waals surface area contributed by atoms with Crippen molar-refractivity contribution in [3.8, 4) is 0 Å². The highest BCUT2D eigenvalue weighted by molar-refractivity contribution is 6.05. The molecule has 3 aromatic rings. The van der Waals surface area contributed by atoms with Crippen LogP contribution in [-0.4, -0.2) is 21.1 Å². The molecule has 1 aromatic carbocycles. The van der Waals surface area contributed by atoms with Gasteiger partial charge in [0.05, 0.1) is 18.1 Å². The number of halogens is 5. The Morgan fingerprint density at radius 1 is 1.26 bits per heavy atom. The minimum atomic E-state index is -3.12. The smallest absolute Gasteiger partial charge is 0.284 e. The number of anilines is 1. The van der Waals surface area contributed by atoms with Crippen LogP contribution in [0.2, 0.25) is 0 Å². The van der Waals surface area contributed by atoms with E-state index in [0.717, 1.165) is 6.92 Å². The number of carbonyl (C=O) groups excluding carboxylic acids is 1. The predicted octanol–water partition coefficient (Wildman–Crippen LogP) is 4.43. The molecule has 0 bridgehead atoms. The molecule has 0 aliphatic rings. The van der Waals surface area contributed by atoms with E-state index in [1.807, 2.05) is 5.32 Å². The molecule has 0 radical (unpaired) electrons. The first-order valence-corrected chi connectivity index (χ1v) is 7.53. The molecule has 27 heavy (non-hydrogen) atoms. The standard InChI is InChI=1S/C17H11F5N4O/c1-7-11(19)6-23-15(16(21)22)13(7)25-17(27)10(18)4-8-2-3-9-5-24-26-14(9)12(8)20/h2-6,16H,1H3,(H,24,26)(H,25,27)/b10-4-. The maximum absolute atomic E-state index is 14.3. The lowest BCUT2D eigenvalue weighted by Gasteiger charge is -2.12. The number of carbonyl (C=O) groups is 1. The third kappa shape index (κ3) is 3.50. The van der Waals surface area contributed by atoms with Crippen LogP contribution in [0.1, 0.15) is 23.2 Å². The van der Waals surface area contributed by atoms with Crippen molar-refractivity contribution in [2.45, 2.75) is 13.3 Å². The Morgan fingerprint density at radius 2 is 2.00 bits per heavy atom. The average Bonchev–Trinajstić information content (AvgIpc) is 3.10. The van der Waals surface area contributed by atoms with Crippen molar-refractivity contribution in [1.82, 2.24) is 15.2 Å². The Hall–Kier alpha value is -3.30. The molecule has 10 heteroatoms. The van der Waals surface area contributed by atoms with Crippen molar-refractivity contribution >= 4 is 28.6 Å². The first kappa shape index (κ1) is 18.5. The van der Waals surface area contributed by atoms with Gasteiger partial charge >= 0.3 is 0 Å². The molecule has 0 atom stereocenters. The Balaban J connectivity index is 1.93. The van der Waals surface area contributed by atoms with Crippen LogP contribution < -0.4 is 5.32 Å². The van der Waals surface area contributed by atoms with Crippen LogP contribution in [0.5, 0.6) is 0 Å². The summed E-state index contributed by atoms with van der Waals surface area (Å²) in [6.07, 6.45) is -0.588. The molecule has 0 spiro atoms. The average molecular weight is 382 g/mol. The number of alkyl halides is 2. The molecule has 0 aliphatic heterocycles. The van der Waals surface area contributed by atoms with Crippen molar-refractivity contribution in [3.05, 3.63) is 58.8 Å². The number of nitrogens with one attached hydrogen (secondary N) is 2. The molecule has 2 heterocycles. The SMILES string of the molecule is Cc1c(F)cnc(C(F)F)c1NC(=O)/C(F)=C/c1ccc2cn[nH]c2c1F. The van der Waals surface area contributed by atoms with E-state index in [2.05, 4.69) is 15.2 Å². The second-order valence-corrected chi connectivity index (χ2v) is 5.54. The van der Waals surface area contributed by atoms with Gasteiger partial charge in [0, 0.05) is 16.5 Å². The molecule has 3 rings (SSSR count). The fourth-order valence-electron chi connectivity index (χ4n) is 2.40. The summed E-state index contributed by atoms with van der Waals surface area (Å²) in [5, 5.41) is 8.35. The van der Waals surface area contributed by atoms with Gasteiger partial charge in [0.25, 0.3) is 12.3 Å². The lowest BCUT2D eigenvalue weighted by Crippen LogP contribution is -2.16. The number of fused-ring (bicyclic) bond motifs is 1. The summed E-state index contributed by atoms with van der Waals surface area (Å²) in [6.45, 7) is 1.13. The highest BCUT2D eigenvalue weighted by atomic mass is 19.3. The quantitative estimate of drug-likeness (QED) is 0.518. The summed E-state index contributed by atoms with van der Waals surface area (Å²) in [5.74, 6) is -4.70. The van der Waals surface area contributed by atoms with Crippen LogP contribution >= 0.6 is 0 Å². The summed E-state index contributed by atoms with van der Waals surface area (Å²) in [7, 11) is 0. The van der Waals surface area contributed by atoms with E-state index < -0.39 is 41.2 Å². The van der Waals surface area contributed by atoms with Crippen molar-refractivity contribution in [2.24, 2.45) is 0 Å². The minimum Gasteiger partial charge on any atom is -0.318 e. The van der Waals surface area contributed by atoms with Gasteiger partial charge in [-0.25, -0.2) is 26.9 Å². The predicted molar refractivity (Wildman–Crippen MR) is 87.7 cm³/mol. The molecular formula is C17H11F5N4O. The zero-order valence-electron chi connectivity index (χ0n) is 13.7. The van der Waals surface area contributed by atoms with Gasteiger partial charge in [-0.2, -0.15) is 5.10 Å². The lowest BCUT2D eigenvalue weighted by atomic mass is 10.1. The van der Waals surface area contributed by atoms with E-state index >= 15 is 0 Å². The number of rotatable bonds is 4. The summed E-state index contributed by atoms with van der Waals surface area (Å²) in [4.78, 5) is 15.2. The number of H-pyrrole nitrogens is 1. The normalized spacial score (nSPS) is 12.0. The molecule has 0 aliphatic carbocycles. The van der Waals surface area contributed by atoms with Gasteiger partial charge in [0.2, 0.25) is 0 Å². The van der Waals surface area contributed by atoms with Gasteiger partial charge in [-0.05, 0) is 13.0 Å². The first-order chi connectivity index (χ1) is 12.8. The molecule has 1 amide bonds. The second kappa shape index (κ2) is 7.14. The highest BCUT2D eigenvalue weighted by Gasteiger charge is 2.22. The minimum absolute atomic E-state index is 0.0159. The van der Waals surface area contributed by atoms with Crippen LogP contribution in [-0.2, 0) is 4.79 Å². The van der Waals surface area contributed by atoms with Gasteiger partial charge in [0.1, 0.15) is 17.0 Å². The van der Waals surface area contributed by atoms with E-state index in [-0.39, 0.29) is 16.6 Å². The second-order valence-electron chi connectivity index (χ2n) is 5.54. The summed E-state index contributed by atoms with van der Waals surface area (Å²) < 4.78 is 68.0. The monoisotopic (exact) mass is 382 g/mol. The van der Waals surface area contributed by atoms with Crippen LogP contribution in [0.3, 0.4) is 0 Å². The molecular weight excluding hydrogens is 371 g/mol. The summed E-state index contributed by atoms with van der Waals surface area (Å²) in [6, 6.07) is 2.67. The Morgan fingerprint density at radius 3 is 2.70 bits per heavy atom. The van der Waals surface area contributed by atoms with Crippen molar-refractivity contribution in [1.29, 1.82) is 0 Å². The van der Waals surface area contributed by atoms with E-state index in [0.29, 0.717) is 17.7 Å². The number of hydrogen-bond acceptors (Lipinski definition) is 3. The number of aromatic amines is 1. The third-order valence-electron chi connectivity index (χ3n) is 3.83. The molecule has 140 valence electrons. The van der Waals surface area contributed by atoms with Gasteiger partial charge in [0.15, 0.2) is 11.6 Å². The number of aromatic nitrogens is 3. The Labute approximate surface area is 148 Å². The van der Waals surface area contributed by atoms with Crippen LogP contribution in [0.4, 0.5) is 27.6 Å². The highest BCUT2D eigenvalue weighted by Crippen LogP contribution is 2.30. The van der Waals surface area contributed by atoms with Gasteiger partial charge in [-0.1, -0.05) is 12.1 Å². The van der Waals surface area contributed by atoms with Gasteiger partial charge in [-0.15, -0.1) is 0 Å². The fourth-order valence-corrected chi connectivity index (χ4v) is 2.40.